The third kappa shape index (κ3) is 2.48. The Morgan fingerprint density at radius 2 is 1.90 bits per heavy atom. The van der Waals surface area contributed by atoms with Gasteiger partial charge in [0, 0.05) is 26.2 Å². The van der Waals surface area contributed by atoms with E-state index in [4.69, 9.17) is 0 Å². The first-order chi connectivity index (χ1) is 8.81. The van der Waals surface area contributed by atoms with Gasteiger partial charge in [0.15, 0.2) is 0 Å². The van der Waals surface area contributed by atoms with Crippen LogP contribution in [0.25, 0.3) is 10.2 Å². The molecule has 4 rings (SSSR count). The number of aryl methyl sites for hydroxylation is 1. The number of hydrogen-bond donors (Lipinski definition) is 1. The Bertz CT molecular complexity index is 591. The van der Waals surface area contributed by atoms with Crippen LogP contribution in [0.2, 0.25) is 0 Å². The van der Waals surface area contributed by atoms with Gasteiger partial charge in [-0.15, -0.1) is 36.2 Å². The molecule has 0 saturated carbocycles. The first-order valence-electron chi connectivity index (χ1n) is 6.49. The lowest BCUT2D eigenvalue weighted by Crippen LogP contribution is -2.26. The molecule has 0 radical (unpaired) electrons. The zero-order valence-electron chi connectivity index (χ0n) is 11.2. The summed E-state index contributed by atoms with van der Waals surface area (Å²) in [5.41, 5.74) is 1.10. The molecule has 110 valence electrons. The predicted molar refractivity (Wildman–Crippen MR) is 88.7 cm³/mol. The van der Waals surface area contributed by atoms with Crippen molar-refractivity contribution in [2.24, 2.45) is 11.8 Å². The molecular weight excluding hydrogens is 315 g/mol. The van der Waals surface area contributed by atoms with E-state index in [9.17, 15) is 0 Å². The molecule has 7 heteroatoms. The van der Waals surface area contributed by atoms with E-state index >= 15 is 0 Å². The van der Waals surface area contributed by atoms with Crippen LogP contribution in [0.1, 0.15) is 5.82 Å². The van der Waals surface area contributed by atoms with E-state index < -0.39 is 0 Å². The Morgan fingerprint density at radius 1 is 1.20 bits per heavy atom. The van der Waals surface area contributed by atoms with Gasteiger partial charge in [0.25, 0.3) is 0 Å². The van der Waals surface area contributed by atoms with Gasteiger partial charge in [0.1, 0.15) is 11.6 Å². The van der Waals surface area contributed by atoms with E-state index in [0.717, 1.165) is 42.1 Å². The van der Waals surface area contributed by atoms with Gasteiger partial charge in [-0.05, 0) is 30.2 Å². The number of aromatic nitrogens is 2. The molecular formula is C13H18Cl2N4S. The molecule has 0 amide bonds. The Kier molecular flexibility index (Phi) is 4.74. The number of anilines is 1. The van der Waals surface area contributed by atoms with Crippen LogP contribution < -0.4 is 10.2 Å². The van der Waals surface area contributed by atoms with Crippen LogP contribution in [0.3, 0.4) is 0 Å². The molecule has 4 nitrogen and oxygen atoms in total. The van der Waals surface area contributed by atoms with Crippen LogP contribution in [0, 0.1) is 18.8 Å². The lowest BCUT2D eigenvalue weighted by Gasteiger charge is -2.19. The second kappa shape index (κ2) is 6.02. The highest BCUT2D eigenvalue weighted by atomic mass is 35.5. The molecule has 0 bridgehead atoms. The Labute approximate surface area is 134 Å². The molecule has 2 aliphatic heterocycles. The smallest absolute Gasteiger partial charge is 0.150 e. The van der Waals surface area contributed by atoms with Crippen molar-refractivity contribution in [2.75, 3.05) is 31.1 Å². The van der Waals surface area contributed by atoms with Crippen molar-refractivity contribution >= 4 is 52.2 Å². The molecule has 2 aromatic heterocycles. The predicted octanol–water partition coefficient (Wildman–Crippen LogP) is 2.50. The Morgan fingerprint density at radius 3 is 2.60 bits per heavy atom. The minimum absolute atomic E-state index is 0. The number of nitrogens with zero attached hydrogens (tertiary/aromatic N) is 3. The minimum atomic E-state index is 0. The van der Waals surface area contributed by atoms with Crippen molar-refractivity contribution < 1.29 is 0 Å². The van der Waals surface area contributed by atoms with Crippen molar-refractivity contribution in [1.29, 1.82) is 0 Å². The molecule has 0 unspecified atom stereocenters. The van der Waals surface area contributed by atoms with Crippen molar-refractivity contribution in [3.05, 3.63) is 17.3 Å². The number of rotatable bonds is 1. The summed E-state index contributed by atoms with van der Waals surface area (Å²) < 4.78 is 1.24. The topological polar surface area (TPSA) is 41.1 Å². The summed E-state index contributed by atoms with van der Waals surface area (Å²) in [7, 11) is 0. The summed E-state index contributed by atoms with van der Waals surface area (Å²) in [6, 6.07) is 2.09. The van der Waals surface area contributed by atoms with Gasteiger partial charge in [-0.2, -0.15) is 0 Å². The van der Waals surface area contributed by atoms with E-state index in [-0.39, 0.29) is 24.8 Å². The van der Waals surface area contributed by atoms with Gasteiger partial charge in [-0.3, -0.25) is 0 Å². The molecule has 2 aliphatic rings. The Balaban J connectivity index is 0.000000735. The van der Waals surface area contributed by atoms with Gasteiger partial charge in [0.2, 0.25) is 0 Å². The van der Waals surface area contributed by atoms with Crippen molar-refractivity contribution in [1.82, 2.24) is 15.3 Å². The normalized spacial score (nSPS) is 24.4. The summed E-state index contributed by atoms with van der Waals surface area (Å²) in [4.78, 5) is 11.6. The second-order valence-corrected chi connectivity index (χ2v) is 6.23. The molecule has 20 heavy (non-hydrogen) atoms. The number of halogens is 2. The lowest BCUT2D eigenvalue weighted by molar-refractivity contribution is 0.533. The highest BCUT2D eigenvalue weighted by Crippen LogP contribution is 2.35. The van der Waals surface area contributed by atoms with E-state index in [0.29, 0.717) is 0 Å². The summed E-state index contributed by atoms with van der Waals surface area (Å²) in [5.74, 6) is 3.64. The third-order valence-corrected chi connectivity index (χ3v) is 4.99. The number of fused-ring (bicyclic) bond motifs is 2. The van der Waals surface area contributed by atoms with Crippen LogP contribution in [-0.4, -0.2) is 36.1 Å². The maximum atomic E-state index is 4.69. The van der Waals surface area contributed by atoms with Crippen LogP contribution in [0.15, 0.2) is 11.4 Å². The van der Waals surface area contributed by atoms with Crippen molar-refractivity contribution in [3.8, 4) is 0 Å². The fraction of sp³-hybridized carbons (Fsp3) is 0.538. The fourth-order valence-corrected chi connectivity index (χ4v) is 4.05. The maximum absolute atomic E-state index is 4.69. The molecule has 2 fully saturated rings. The minimum Gasteiger partial charge on any atom is -0.355 e. The molecule has 2 aromatic rings. The highest BCUT2D eigenvalue weighted by molar-refractivity contribution is 7.17. The monoisotopic (exact) mass is 332 g/mol. The lowest BCUT2D eigenvalue weighted by atomic mass is 10.0. The number of thiophene rings is 1. The van der Waals surface area contributed by atoms with Gasteiger partial charge in [0.05, 0.1) is 10.2 Å². The van der Waals surface area contributed by atoms with Crippen LogP contribution in [0.5, 0.6) is 0 Å². The maximum Gasteiger partial charge on any atom is 0.150 e. The van der Waals surface area contributed by atoms with Gasteiger partial charge < -0.3 is 10.2 Å². The summed E-state index contributed by atoms with van der Waals surface area (Å²) >= 11 is 1.76. The van der Waals surface area contributed by atoms with Crippen LogP contribution >= 0.6 is 36.2 Å². The van der Waals surface area contributed by atoms with Gasteiger partial charge in [-0.25, -0.2) is 9.97 Å². The SMILES string of the molecule is Cc1nc(N2C[C@H]3CNC[C@H]3C2)c2sccc2n1.Cl.Cl. The van der Waals surface area contributed by atoms with Gasteiger partial charge in [-0.1, -0.05) is 0 Å². The molecule has 0 spiro atoms. The average molecular weight is 333 g/mol. The zero-order valence-corrected chi connectivity index (χ0v) is 13.7. The largest absolute Gasteiger partial charge is 0.355 e. The molecule has 1 N–H and O–H groups in total. The van der Waals surface area contributed by atoms with Gasteiger partial charge >= 0.3 is 0 Å². The summed E-state index contributed by atoms with van der Waals surface area (Å²) in [6.45, 7) is 6.60. The quantitative estimate of drug-likeness (QED) is 0.871. The second-order valence-electron chi connectivity index (χ2n) is 5.31. The zero-order chi connectivity index (χ0) is 12.1. The number of hydrogen-bond acceptors (Lipinski definition) is 5. The highest BCUT2D eigenvalue weighted by Gasteiger charge is 2.37. The molecule has 0 aromatic carbocycles. The standard InChI is InChI=1S/C13H16N4S.2ClH/c1-8-15-11-2-3-18-12(11)13(16-8)17-6-9-4-14-5-10(9)7-17;;/h2-3,9-10,14H,4-7H2,1H3;2*1H/t9-,10+;;. The van der Waals surface area contributed by atoms with E-state index in [2.05, 4.69) is 31.6 Å². The summed E-state index contributed by atoms with van der Waals surface area (Å²) in [5, 5.41) is 5.59. The average Bonchev–Trinajstić information content (AvgIpc) is 3.01. The first-order valence-corrected chi connectivity index (χ1v) is 7.37. The summed E-state index contributed by atoms with van der Waals surface area (Å²) in [6.07, 6.45) is 0. The van der Waals surface area contributed by atoms with Crippen molar-refractivity contribution in [2.45, 2.75) is 6.92 Å². The van der Waals surface area contributed by atoms with Crippen molar-refractivity contribution in [3.63, 3.8) is 0 Å². The van der Waals surface area contributed by atoms with Crippen LogP contribution in [-0.2, 0) is 0 Å². The molecule has 4 heterocycles. The molecule has 2 atom stereocenters. The Hall–Kier alpha value is -0.620. The molecule has 2 saturated heterocycles. The molecule has 0 aliphatic carbocycles. The first kappa shape index (κ1) is 15.8. The fourth-order valence-electron chi connectivity index (χ4n) is 3.20. The number of nitrogens with one attached hydrogen (secondary N) is 1. The van der Waals surface area contributed by atoms with E-state index in [1.54, 1.807) is 11.3 Å². The third-order valence-electron chi connectivity index (χ3n) is 4.09. The van der Waals surface area contributed by atoms with Crippen LogP contribution in [0.4, 0.5) is 5.82 Å². The van der Waals surface area contributed by atoms with E-state index in [1.807, 2.05) is 6.92 Å². The van der Waals surface area contributed by atoms with E-state index in [1.165, 1.54) is 17.8 Å².